The van der Waals surface area contributed by atoms with E-state index in [-0.39, 0.29) is 0 Å². The molecule has 0 aliphatic rings. The van der Waals surface area contributed by atoms with Crippen LogP contribution in [0.5, 0.6) is 5.19 Å². The van der Waals surface area contributed by atoms with Crippen LogP contribution in [0.3, 0.4) is 0 Å². The Kier molecular flexibility index (Phi) is 7.81. The lowest BCUT2D eigenvalue weighted by Crippen LogP contribution is -2.06. The fraction of sp³-hybridized carbons (Fsp3) is 0.800. The average molecular weight is 261 g/mol. The molecule has 0 aliphatic carbocycles. The number of rotatable bonds is 10. The Morgan fingerprint density at radius 2 is 2.06 bits per heavy atom. The number of hydrogen-bond acceptors (Lipinski definition) is 7. The largest absolute Gasteiger partial charge is 0.469 e. The average Bonchev–Trinajstić information content (AvgIpc) is 2.76. The summed E-state index contributed by atoms with van der Waals surface area (Å²) in [5.41, 5.74) is 0. The van der Waals surface area contributed by atoms with E-state index >= 15 is 0 Å². The van der Waals surface area contributed by atoms with Crippen LogP contribution in [0.4, 0.5) is 0 Å². The molecule has 0 unspecified atom stereocenters. The maximum atomic E-state index is 5.45. The van der Waals surface area contributed by atoms with Crippen molar-refractivity contribution < 1.29 is 14.2 Å². The lowest BCUT2D eigenvalue weighted by Gasteiger charge is -2.03. The Morgan fingerprint density at radius 1 is 1.18 bits per heavy atom. The fourth-order valence-electron chi connectivity index (χ4n) is 1.08. The van der Waals surface area contributed by atoms with Crippen molar-refractivity contribution in [3.63, 3.8) is 0 Å². The molecule has 0 atom stereocenters. The first-order valence-corrected chi connectivity index (χ1v) is 6.35. The van der Waals surface area contributed by atoms with Crippen LogP contribution >= 0.6 is 11.3 Å². The van der Waals surface area contributed by atoms with Gasteiger partial charge in [0.15, 0.2) is 0 Å². The molecule has 0 amide bonds. The predicted octanol–water partition coefficient (Wildman–Crippen LogP) is 0.689. The van der Waals surface area contributed by atoms with Gasteiger partial charge >= 0.3 is 0 Å². The van der Waals surface area contributed by atoms with Crippen molar-refractivity contribution in [2.75, 3.05) is 40.6 Å². The van der Waals surface area contributed by atoms with Crippen molar-refractivity contribution in [2.45, 2.75) is 13.0 Å². The Hall–Kier alpha value is -0.760. The number of methoxy groups -OCH3 is 1. The van der Waals surface area contributed by atoms with Crippen LogP contribution in [0.1, 0.15) is 11.4 Å². The van der Waals surface area contributed by atoms with Crippen molar-refractivity contribution in [3.8, 4) is 5.19 Å². The molecule has 1 aromatic rings. The first kappa shape index (κ1) is 14.3. The fourth-order valence-corrected chi connectivity index (χ4v) is 1.81. The normalized spacial score (nSPS) is 10.7. The smallest absolute Gasteiger partial charge is 0.294 e. The van der Waals surface area contributed by atoms with Gasteiger partial charge in [0.2, 0.25) is 0 Å². The molecule has 7 heteroatoms. The molecule has 0 spiro atoms. The Bertz CT molecular complexity index is 296. The maximum absolute atomic E-state index is 5.45. The number of hydrogen-bond donors (Lipinski definition) is 1. The molecular formula is C10H19N3O3S. The third-order valence-electron chi connectivity index (χ3n) is 1.87. The van der Waals surface area contributed by atoms with Crippen molar-refractivity contribution in [2.24, 2.45) is 0 Å². The molecule has 1 aromatic heterocycles. The summed E-state index contributed by atoms with van der Waals surface area (Å²) in [6.45, 7) is 3.25. The first-order valence-electron chi connectivity index (χ1n) is 5.53. The molecule has 0 bridgehead atoms. The predicted molar refractivity (Wildman–Crippen MR) is 65.5 cm³/mol. The van der Waals surface area contributed by atoms with Crippen LogP contribution in [0.25, 0.3) is 0 Å². The van der Waals surface area contributed by atoms with Gasteiger partial charge in [0.25, 0.3) is 5.19 Å². The van der Waals surface area contributed by atoms with E-state index in [1.807, 2.05) is 7.05 Å². The molecule has 6 nitrogen and oxygen atoms in total. The number of nitrogens with zero attached hydrogens (tertiary/aromatic N) is 2. The van der Waals surface area contributed by atoms with Crippen molar-refractivity contribution in [1.29, 1.82) is 0 Å². The molecule has 0 saturated carbocycles. The third-order valence-corrected chi connectivity index (χ3v) is 2.70. The molecule has 1 heterocycles. The third kappa shape index (κ3) is 6.52. The quantitative estimate of drug-likeness (QED) is 0.625. The van der Waals surface area contributed by atoms with E-state index in [0.29, 0.717) is 31.6 Å². The maximum Gasteiger partial charge on any atom is 0.294 e. The lowest BCUT2D eigenvalue weighted by atomic mass is 10.5. The van der Waals surface area contributed by atoms with Crippen LogP contribution in [-0.4, -0.2) is 50.8 Å². The minimum Gasteiger partial charge on any atom is -0.469 e. The summed E-state index contributed by atoms with van der Waals surface area (Å²) in [5, 5.41) is 12.5. The summed E-state index contributed by atoms with van der Waals surface area (Å²) >= 11 is 1.46. The van der Waals surface area contributed by atoms with E-state index in [4.69, 9.17) is 14.2 Å². The van der Waals surface area contributed by atoms with Gasteiger partial charge in [0.05, 0.1) is 19.8 Å². The van der Waals surface area contributed by atoms with Crippen LogP contribution < -0.4 is 10.1 Å². The summed E-state index contributed by atoms with van der Waals surface area (Å²) in [4.78, 5) is 0. The van der Waals surface area contributed by atoms with E-state index in [0.717, 1.165) is 18.0 Å². The van der Waals surface area contributed by atoms with Crippen molar-refractivity contribution in [1.82, 2.24) is 15.5 Å². The molecule has 17 heavy (non-hydrogen) atoms. The van der Waals surface area contributed by atoms with Gasteiger partial charge in [-0.05, 0) is 7.05 Å². The highest BCUT2D eigenvalue weighted by Crippen LogP contribution is 2.17. The molecule has 1 N–H and O–H groups in total. The molecule has 0 aromatic carbocycles. The van der Waals surface area contributed by atoms with Gasteiger partial charge in [-0.2, -0.15) is 0 Å². The van der Waals surface area contributed by atoms with Gasteiger partial charge in [-0.15, -0.1) is 10.2 Å². The minimum atomic E-state index is 0.598. The van der Waals surface area contributed by atoms with Crippen LogP contribution in [-0.2, 0) is 16.0 Å². The monoisotopic (exact) mass is 261 g/mol. The highest BCUT2D eigenvalue weighted by molar-refractivity contribution is 7.13. The number of ether oxygens (including phenoxy) is 3. The highest BCUT2D eigenvalue weighted by Gasteiger charge is 2.03. The van der Waals surface area contributed by atoms with E-state index < -0.39 is 0 Å². The van der Waals surface area contributed by atoms with Crippen molar-refractivity contribution in [3.05, 3.63) is 5.01 Å². The minimum absolute atomic E-state index is 0.598. The Balaban J connectivity index is 2.01. The van der Waals surface area contributed by atoms with E-state index in [1.165, 1.54) is 11.3 Å². The van der Waals surface area contributed by atoms with Gasteiger partial charge in [-0.3, -0.25) is 0 Å². The summed E-state index contributed by atoms with van der Waals surface area (Å²) in [6.07, 6.45) is 0.838. The Labute approximate surface area is 105 Å². The second-order valence-electron chi connectivity index (χ2n) is 3.30. The van der Waals surface area contributed by atoms with E-state index in [1.54, 1.807) is 7.11 Å². The van der Waals surface area contributed by atoms with Crippen molar-refractivity contribution >= 4 is 11.3 Å². The zero-order valence-corrected chi connectivity index (χ0v) is 11.1. The number of nitrogens with one attached hydrogen (secondary N) is 1. The van der Waals surface area contributed by atoms with Gasteiger partial charge in [-0.1, -0.05) is 11.3 Å². The van der Waals surface area contributed by atoms with Gasteiger partial charge in [-0.25, -0.2) is 0 Å². The molecule has 0 saturated heterocycles. The standard InChI is InChI=1S/C10H19N3O3S/c1-11-8-9-12-13-10(17-9)16-5-3-4-15-7-6-14-2/h11H,3-8H2,1-2H3. The van der Waals surface area contributed by atoms with E-state index in [9.17, 15) is 0 Å². The zero-order chi connectivity index (χ0) is 12.3. The second kappa shape index (κ2) is 9.29. The second-order valence-corrected chi connectivity index (χ2v) is 4.32. The topological polar surface area (TPSA) is 65.5 Å². The summed E-state index contributed by atoms with van der Waals surface area (Å²) in [6, 6.07) is 0. The summed E-state index contributed by atoms with van der Waals surface area (Å²) in [5.74, 6) is 0. The SMILES string of the molecule is CNCc1nnc(OCCCOCCOC)s1. The number of aromatic nitrogens is 2. The lowest BCUT2D eigenvalue weighted by molar-refractivity contribution is 0.0644. The molecular weight excluding hydrogens is 242 g/mol. The van der Waals surface area contributed by atoms with E-state index in [2.05, 4.69) is 15.5 Å². The van der Waals surface area contributed by atoms with Gasteiger partial charge in [0, 0.05) is 26.7 Å². The summed E-state index contributed by atoms with van der Waals surface area (Å²) in [7, 11) is 3.53. The molecule has 98 valence electrons. The molecule has 0 aliphatic heterocycles. The van der Waals surface area contributed by atoms with Crippen LogP contribution in [0.2, 0.25) is 0 Å². The van der Waals surface area contributed by atoms with Gasteiger partial charge < -0.3 is 19.5 Å². The molecule has 1 rings (SSSR count). The zero-order valence-electron chi connectivity index (χ0n) is 10.3. The van der Waals surface area contributed by atoms with Crippen LogP contribution in [0, 0.1) is 0 Å². The molecule has 0 fully saturated rings. The molecule has 0 radical (unpaired) electrons. The summed E-state index contributed by atoms with van der Waals surface area (Å²) < 4.78 is 15.6. The highest BCUT2D eigenvalue weighted by atomic mass is 32.1. The van der Waals surface area contributed by atoms with Gasteiger partial charge in [0.1, 0.15) is 5.01 Å². The Morgan fingerprint density at radius 3 is 2.82 bits per heavy atom. The van der Waals surface area contributed by atoms with Crippen LogP contribution in [0.15, 0.2) is 0 Å². The first-order chi connectivity index (χ1) is 8.36.